The molecular weight excluding hydrogens is 426 g/mol. The van der Waals surface area contributed by atoms with Crippen LogP contribution in [0, 0.1) is 5.92 Å². The third-order valence-corrected chi connectivity index (χ3v) is 8.19. The topological polar surface area (TPSA) is 82.1 Å². The Balaban J connectivity index is 1.39. The third-order valence-electron chi connectivity index (χ3n) is 4.67. The van der Waals surface area contributed by atoms with Gasteiger partial charge in [-0.3, -0.25) is 4.79 Å². The molecule has 1 aromatic carbocycles. The zero-order valence-electron chi connectivity index (χ0n) is 14.8. The summed E-state index contributed by atoms with van der Waals surface area (Å²) >= 11 is 7.31. The van der Waals surface area contributed by atoms with Crippen LogP contribution in [0.1, 0.15) is 18.4 Å². The number of nitrogens with zero attached hydrogens (tertiary/aromatic N) is 1. The second-order valence-corrected chi connectivity index (χ2v) is 10.1. The van der Waals surface area contributed by atoms with Gasteiger partial charge in [-0.05, 0) is 42.0 Å². The molecule has 0 radical (unpaired) electrons. The van der Waals surface area contributed by atoms with E-state index < -0.39 is 21.9 Å². The van der Waals surface area contributed by atoms with E-state index in [1.54, 1.807) is 29.6 Å². The van der Waals surface area contributed by atoms with Gasteiger partial charge in [-0.2, -0.15) is 4.31 Å². The van der Waals surface area contributed by atoms with Gasteiger partial charge >= 0.3 is 5.97 Å². The second kappa shape index (κ2) is 7.90. The van der Waals surface area contributed by atoms with Crippen molar-refractivity contribution in [1.82, 2.24) is 4.31 Å². The van der Waals surface area contributed by atoms with Crippen LogP contribution in [0.5, 0.6) is 11.5 Å². The molecule has 2 aromatic rings. The van der Waals surface area contributed by atoms with Gasteiger partial charge < -0.3 is 14.2 Å². The summed E-state index contributed by atoms with van der Waals surface area (Å²) in [6.45, 7) is 0.668. The van der Waals surface area contributed by atoms with Crippen molar-refractivity contribution in [3.05, 3.63) is 40.2 Å². The Hall–Kier alpha value is -1.81. The fourth-order valence-corrected chi connectivity index (χ4v) is 6.22. The lowest BCUT2D eigenvalue weighted by atomic mass is 10.00. The van der Waals surface area contributed by atoms with Crippen molar-refractivity contribution < 1.29 is 27.4 Å². The first-order valence-electron chi connectivity index (χ1n) is 8.73. The minimum Gasteiger partial charge on any atom is -0.461 e. The minimum absolute atomic E-state index is 0.0311. The highest BCUT2D eigenvalue weighted by Crippen LogP contribution is 2.40. The molecule has 0 bridgehead atoms. The minimum atomic E-state index is -3.57. The Morgan fingerprint density at radius 1 is 1.36 bits per heavy atom. The predicted molar refractivity (Wildman–Crippen MR) is 103 cm³/mol. The highest BCUT2D eigenvalue weighted by Gasteiger charge is 2.34. The highest BCUT2D eigenvalue weighted by molar-refractivity contribution is 7.91. The summed E-state index contributed by atoms with van der Waals surface area (Å²) in [4.78, 5) is 12.5. The fraction of sp³-hybridized carbons (Fsp3) is 0.389. The first kappa shape index (κ1) is 19.5. The third kappa shape index (κ3) is 3.84. The Kier molecular flexibility index (Phi) is 5.50. The zero-order chi connectivity index (χ0) is 19.7. The Labute approximate surface area is 171 Å². The van der Waals surface area contributed by atoms with Crippen molar-refractivity contribution in [1.29, 1.82) is 0 Å². The average Bonchev–Trinajstić information content (AvgIpc) is 3.38. The maximum absolute atomic E-state index is 12.7. The van der Waals surface area contributed by atoms with Gasteiger partial charge in [0.25, 0.3) is 10.0 Å². The van der Waals surface area contributed by atoms with Gasteiger partial charge in [0.2, 0.25) is 6.79 Å². The number of fused-ring (bicyclic) bond motifs is 1. The van der Waals surface area contributed by atoms with E-state index in [-0.39, 0.29) is 24.2 Å². The molecule has 1 unspecified atom stereocenters. The van der Waals surface area contributed by atoms with Crippen LogP contribution in [0.15, 0.2) is 33.9 Å². The van der Waals surface area contributed by atoms with Crippen LogP contribution in [-0.4, -0.2) is 38.6 Å². The van der Waals surface area contributed by atoms with Crippen molar-refractivity contribution in [2.75, 3.05) is 19.9 Å². The molecule has 150 valence electrons. The molecule has 4 rings (SSSR count). The van der Waals surface area contributed by atoms with Crippen molar-refractivity contribution in [2.24, 2.45) is 5.92 Å². The molecule has 1 saturated heterocycles. The molecule has 3 heterocycles. The Bertz CT molecular complexity index is 976. The molecule has 1 fully saturated rings. The van der Waals surface area contributed by atoms with Crippen LogP contribution in [0.2, 0.25) is 5.02 Å². The van der Waals surface area contributed by atoms with E-state index in [9.17, 15) is 13.2 Å². The van der Waals surface area contributed by atoms with E-state index in [0.29, 0.717) is 41.5 Å². The number of carbonyl (C=O) groups excluding carboxylic acids is 1. The lowest BCUT2D eigenvalue weighted by Crippen LogP contribution is -2.42. The largest absolute Gasteiger partial charge is 0.461 e. The highest BCUT2D eigenvalue weighted by atomic mass is 35.5. The van der Waals surface area contributed by atoms with Gasteiger partial charge in [0.15, 0.2) is 11.5 Å². The fourth-order valence-electron chi connectivity index (χ4n) is 3.27. The molecule has 0 amide bonds. The van der Waals surface area contributed by atoms with E-state index in [2.05, 4.69) is 0 Å². The van der Waals surface area contributed by atoms with Crippen molar-refractivity contribution in [3.8, 4) is 11.5 Å². The van der Waals surface area contributed by atoms with E-state index in [1.807, 2.05) is 0 Å². The van der Waals surface area contributed by atoms with E-state index in [1.165, 1.54) is 15.6 Å². The molecule has 0 aliphatic carbocycles. The predicted octanol–water partition coefficient (Wildman–Crippen LogP) is 3.27. The first-order valence-corrected chi connectivity index (χ1v) is 11.4. The summed E-state index contributed by atoms with van der Waals surface area (Å²) in [6.07, 6.45) is 1.21. The lowest BCUT2D eigenvalue weighted by molar-refractivity contribution is -0.151. The van der Waals surface area contributed by atoms with E-state index in [0.717, 1.165) is 0 Å². The number of sulfonamides is 1. The monoisotopic (exact) mass is 443 g/mol. The number of ether oxygens (including phenoxy) is 3. The van der Waals surface area contributed by atoms with Crippen LogP contribution < -0.4 is 9.47 Å². The normalized spacial score (nSPS) is 19.5. The number of halogens is 1. The summed E-state index contributed by atoms with van der Waals surface area (Å²) in [5.41, 5.74) is 0.682. The summed E-state index contributed by atoms with van der Waals surface area (Å²) in [5.74, 6) is 0.0933. The van der Waals surface area contributed by atoms with E-state index >= 15 is 0 Å². The number of piperidine rings is 1. The van der Waals surface area contributed by atoms with Crippen LogP contribution in [0.3, 0.4) is 0 Å². The molecule has 0 N–H and O–H groups in total. The van der Waals surface area contributed by atoms with Crippen LogP contribution in [0.4, 0.5) is 0 Å². The Morgan fingerprint density at radius 3 is 3.00 bits per heavy atom. The molecule has 1 atom stereocenters. The molecule has 7 nitrogen and oxygen atoms in total. The molecular formula is C18H18ClNO6S2. The second-order valence-electron chi connectivity index (χ2n) is 6.55. The van der Waals surface area contributed by atoms with Crippen LogP contribution in [0.25, 0.3) is 0 Å². The van der Waals surface area contributed by atoms with Gasteiger partial charge in [0.1, 0.15) is 10.8 Å². The number of thiophene rings is 1. The van der Waals surface area contributed by atoms with Gasteiger partial charge in [-0.1, -0.05) is 17.7 Å². The molecule has 0 spiro atoms. The number of benzene rings is 1. The van der Waals surface area contributed by atoms with E-state index in [4.69, 9.17) is 25.8 Å². The van der Waals surface area contributed by atoms with Gasteiger partial charge in [0.05, 0.1) is 10.9 Å². The number of esters is 1. The van der Waals surface area contributed by atoms with Gasteiger partial charge in [-0.25, -0.2) is 8.42 Å². The molecule has 2 aliphatic rings. The SMILES string of the molecule is O=C(OCc1cc(Cl)c2c(c1)OCO2)C1CCCN(S(=O)(=O)c2cccs2)C1. The van der Waals surface area contributed by atoms with Crippen molar-refractivity contribution >= 4 is 38.9 Å². The zero-order valence-corrected chi connectivity index (χ0v) is 17.2. The summed E-state index contributed by atoms with van der Waals surface area (Å²) in [6, 6.07) is 6.65. The van der Waals surface area contributed by atoms with Crippen LogP contribution in [-0.2, 0) is 26.2 Å². The number of carbonyl (C=O) groups is 1. The average molecular weight is 444 g/mol. The number of rotatable bonds is 5. The lowest BCUT2D eigenvalue weighted by Gasteiger charge is -2.30. The number of hydrogen-bond acceptors (Lipinski definition) is 7. The quantitative estimate of drug-likeness (QED) is 0.659. The maximum atomic E-state index is 12.7. The maximum Gasteiger partial charge on any atom is 0.310 e. The van der Waals surface area contributed by atoms with Gasteiger partial charge in [-0.15, -0.1) is 11.3 Å². The molecule has 1 aromatic heterocycles. The molecule has 2 aliphatic heterocycles. The smallest absolute Gasteiger partial charge is 0.310 e. The summed E-state index contributed by atoms with van der Waals surface area (Å²) in [7, 11) is -3.57. The van der Waals surface area contributed by atoms with Crippen LogP contribution >= 0.6 is 22.9 Å². The number of hydrogen-bond donors (Lipinski definition) is 0. The summed E-state index contributed by atoms with van der Waals surface area (Å²) in [5, 5.41) is 2.12. The molecule has 0 saturated carbocycles. The molecule has 10 heteroatoms. The Morgan fingerprint density at radius 2 is 2.21 bits per heavy atom. The standard InChI is InChI=1S/C18H18ClNO6S2/c19-14-7-12(8-15-17(14)26-11-25-15)10-24-18(21)13-3-1-5-20(9-13)28(22,23)16-4-2-6-27-16/h2,4,6-8,13H,1,3,5,9-11H2. The van der Waals surface area contributed by atoms with Gasteiger partial charge in [0, 0.05) is 13.1 Å². The summed E-state index contributed by atoms with van der Waals surface area (Å²) < 4.78 is 43.0. The van der Waals surface area contributed by atoms with Crippen molar-refractivity contribution in [3.63, 3.8) is 0 Å². The molecule has 28 heavy (non-hydrogen) atoms. The first-order chi connectivity index (χ1) is 13.4. The van der Waals surface area contributed by atoms with Crippen molar-refractivity contribution in [2.45, 2.75) is 23.7 Å².